The number of anilines is 1. The van der Waals surface area contributed by atoms with E-state index in [1.54, 1.807) is 35.9 Å². The van der Waals surface area contributed by atoms with Crippen molar-refractivity contribution in [3.63, 3.8) is 0 Å². The molecule has 40 heavy (non-hydrogen) atoms. The Morgan fingerprint density at radius 1 is 1.05 bits per heavy atom. The van der Waals surface area contributed by atoms with E-state index in [1.807, 2.05) is 30.3 Å². The number of nitrogens with one attached hydrogen (secondary N) is 1. The van der Waals surface area contributed by atoms with Gasteiger partial charge in [0.1, 0.15) is 5.75 Å². The molecule has 1 aromatic heterocycles. The molecule has 0 unspecified atom stereocenters. The lowest BCUT2D eigenvalue weighted by Crippen LogP contribution is -2.43. The van der Waals surface area contributed by atoms with Crippen molar-refractivity contribution in [2.45, 2.75) is 49.1 Å². The highest BCUT2D eigenvalue weighted by Gasteiger charge is 2.43. The third kappa shape index (κ3) is 4.93. The smallest absolute Gasteiger partial charge is 0.263 e. The number of thioether (sulfide) groups is 1. The van der Waals surface area contributed by atoms with Gasteiger partial charge in [-0.1, -0.05) is 85.1 Å². The summed E-state index contributed by atoms with van der Waals surface area (Å²) in [6.07, 6.45) is 6.14. The Bertz CT molecular complexity index is 1640. The number of nitrogens with zero attached hydrogens (tertiary/aromatic N) is 2. The summed E-state index contributed by atoms with van der Waals surface area (Å²) in [4.78, 5) is 32.8. The van der Waals surface area contributed by atoms with Gasteiger partial charge in [0.05, 0.1) is 29.8 Å². The standard InChI is InChI=1S/C32H30ClN3O3S/c1-39-26-15-6-5-14-25(26)36-30(38)28-29(24-13-4-3-10-21(24)19-32(28)16-7-2-8-17-32)35-31(36)40-20-27(37)34-23-12-9-11-22(33)18-23/h3-6,9-15,18H,2,7-8,16-17,19-20H2,1H3,(H,34,37). The molecular weight excluding hydrogens is 542 g/mol. The number of rotatable bonds is 6. The first-order chi connectivity index (χ1) is 19.5. The number of ether oxygens (including phenoxy) is 1. The molecule has 2 aliphatic carbocycles. The molecule has 0 aliphatic heterocycles. The Morgan fingerprint density at radius 3 is 2.62 bits per heavy atom. The zero-order valence-corrected chi connectivity index (χ0v) is 23.9. The first-order valence-electron chi connectivity index (χ1n) is 13.6. The Kier molecular flexibility index (Phi) is 7.43. The number of benzene rings is 3. The molecule has 0 atom stereocenters. The van der Waals surface area contributed by atoms with Crippen LogP contribution in [0.15, 0.2) is 82.7 Å². The Labute approximate surface area is 242 Å². The van der Waals surface area contributed by atoms with Gasteiger partial charge in [-0.2, -0.15) is 0 Å². The van der Waals surface area contributed by atoms with Gasteiger partial charge < -0.3 is 10.1 Å². The molecule has 1 saturated carbocycles. The van der Waals surface area contributed by atoms with E-state index in [4.69, 9.17) is 21.3 Å². The average Bonchev–Trinajstić information content (AvgIpc) is 2.96. The van der Waals surface area contributed by atoms with Crippen molar-refractivity contribution in [2.24, 2.45) is 0 Å². The van der Waals surface area contributed by atoms with Gasteiger partial charge in [-0.3, -0.25) is 14.2 Å². The summed E-state index contributed by atoms with van der Waals surface area (Å²) in [5, 5.41) is 3.89. The van der Waals surface area contributed by atoms with Crippen LogP contribution in [0.1, 0.15) is 43.2 Å². The first kappa shape index (κ1) is 26.7. The third-order valence-corrected chi connectivity index (χ3v) is 9.14. The van der Waals surface area contributed by atoms with Crippen LogP contribution in [0.2, 0.25) is 5.02 Å². The molecule has 0 saturated heterocycles. The number of amides is 1. The zero-order valence-electron chi connectivity index (χ0n) is 22.3. The molecule has 6 rings (SSSR count). The molecule has 0 bridgehead atoms. The maximum atomic E-state index is 14.7. The molecule has 2 aliphatic rings. The first-order valence-corrected chi connectivity index (χ1v) is 14.9. The van der Waals surface area contributed by atoms with Gasteiger partial charge in [-0.25, -0.2) is 4.98 Å². The number of carbonyl (C=O) groups excluding carboxylic acids is 1. The van der Waals surface area contributed by atoms with Gasteiger partial charge in [0, 0.05) is 21.7 Å². The predicted molar refractivity (Wildman–Crippen MR) is 161 cm³/mol. The van der Waals surface area contributed by atoms with Crippen LogP contribution < -0.4 is 15.6 Å². The summed E-state index contributed by atoms with van der Waals surface area (Å²) >= 11 is 7.33. The van der Waals surface area contributed by atoms with Crippen LogP contribution in [-0.4, -0.2) is 28.3 Å². The summed E-state index contributed by atoms with van der Waals surface area (Å²) in [6.45, 7) is 0. The number of hydrogen-bond donors (Lipinski definition) is 1. The molecule has 4 aromatic rings. The Balaban J connectivity index is 1.49. The van der Waals surface area contributed by atoms with Gasteiger partial charge >= 0.3 is 0 Å². The van der Waals surface area contributed by atoms with E-state index in [2.05, 4.69) is 23.5 Å². The molecule has 8 heteroatoms. The van der Waals surface area contributed by atoms with E-state index in [9.17, 15) is 9.59 Å². The largest absolute Gasteiger partial charge is 0.495 e. The second kappa shape index (κ2) is 11.1. The normalized spacial score (nSPS) is 15.2. The Hall–Kier alpha value is -3.55. The summed E-state index contributed by atoms with van der Waals surface area (Å²) in [5.41, 5.74) is 4.69. The lowest BCUT2D eigenvalue weighted by molar-refractivity contribution is -0.113. The number of halogens is 1. The highest BCUT2D eigenvalue weighted by molar-refractivity contribution is 7.99. The summed E-state index contributed by atoms with van der Waals surface area (Å²) in [6, 6.07) is 22.8. The predicted octanol–water partition coefficient (Wildman–Crippen LogP) is 7.05. The van der Waals surface area contributed by atoms with Crippen molar-refractivity contribution in [3.05, 3.63) is 99.3 Å². The summed E-state index contributed by atoms with van der Waals surface area (Å²) < 4.78 is 7.33. The van der Waals surface area contributed by atoms with E-state index in [0.717, 1.165) is 48.9 Å². The zero-order chi connectivity index (χ0) is 27.7. The van der Waals surface area contributed by atoms with E-state index in [0.29, 0.717) is 27.3 Å². The minimum atomic E-state index is -0.247. The summed E-state index contributed by atoms with van der Waals surface area (Å²) in [5.74, 6) is 0.431. The van der Waals surface area contributed by atoms with E-state index >= 15 is 0 Å². The number of aromatic nitrogens is 2. The lowest BCUT2D eigenvalue weighted by atomic mass is 9.62. The molecule has 1 spiro atoms. The monoisotopic (exact) mass is 571 g/mol. The number of carbonyl (C=O) groups is 1. The molecular formula is C32H30ClN3O3S. The number of para-hydroxylation sites is 2. The van der Waals surface area contributed by atoms with Gasteiger partial charge in [0.15, 0.2) is 5.16 Å². The van der Waals surface area contributed by atoms with Crippen molar-refractivity contribution >= 4 is 35.0 Å². The second-order valence-electron chi connectivity index (χ2n) is 10.5. The number of fused-ring (bicyclic) bond motifs is 4. The highest BCUT2D eigenvalue weighted by atomic mass is 35.5. The quantitative estimate of drug-likeness (QED) is 0.198. The highest BCUT2D eigenvalue weighted by Crippen LogP contribution is 2.49. The SMILES string of the molecule is COc1ccccc1-n1c(SCC(=O)Nc2cccc(Cl)c2)nc2c(c1=O)C1(CCCCC1)Cc1ccccc1-2. The molecule has 3 aromatic carbocycles. The molecule has 1 N–H and O–H groups in total. The molecule has 1 heterocycles. The minimum absolute atomic E-state index is 0.0691. The van der Waals surface area contributed by atoms with Crippen LogP contribution in [0.25, 0.3) is 16.9 Å². The molecule has 1 amide bonds. The van der Waals surface area contributed by atoms with Crippen LogP contribution in [0.4, 0.5) is 5.69 Å². The van der Waals surface area contributed by atoms with Gasteiger partial charge in [-0.05, 0) is 55.2 Å². The van der Waals surface area contributed by atoms with Crippen LogP contribution in [0.5, 0.6) is 5.75 Å². The summed E-state index contributed by atoms with van der Waals surface area (Å²) in [7, 11) is 1.60. The van der Waals surface area contributed by atoms with Gasteiger partial charge in [0.25, 0.3) is 5.56 Å². The topological polar surface area (TPSA) is 73.2 Å². The number of hydrogen-bond acceptors (Lipinski definition) is 5. The maximum Gasteiger partial charge on any atom is 0.263 e. The van der Waals surface area contributed by atoms with Crippen LogP contribution >= 0.6 is 23.4 Å². The molecule has 204 valence electrons. The van der Waals surface area contributed by atoms with E-state index < -0.39 is 0 Å². The molecule has 6 nitrogen and oxygen atoms in total. The van der Waals surface area contributed by atoms with Crippen molar-refractivity contribution in [2.75, 3.05) is 18.2 Å². The number of methoxy groups -OCH3 is 1. The fraction of sp³-hybridized carbons (Fsp3) is 0.281. The van der Waals surface area contributed by atoms with Crippen LogP contribution in [-0.2, 0) is 16.6 Å². The van der Waals surface area contributed by atoms with Crippen LogP contribution in [0.3, 0.4) is 0 Å². The van der Waals surface area contributed by atoms with Crippen molar-refractivity contribution in [3.8, 4) is 22.7 Å². The fourth-order valence-corrected chi connectivity index (χ4v) is 7.19. The van der Waals surface area contributed by atoms with Gasteiger partial charge in [0.2, 0.25) is 5.91 Å². The Morgan fingerprint density at radius 2 is 1.82 bits per heavy atom. The van der Waals surface area contributed by atoms with E-state index in [1.165, 1.54) is 23.7 Å². The molecule has 0 radical (unpaired) electrons. The third-order valence-electron chi connectivity index (χ3n) is 7.96. The minimum Gasteiger partial charge on any atom is -0.495 e. The van der Waals surface area contributed by atoms with Gasteiger partial charge in [-0.15, -0.1) is 0 Å². The van der Waals surface area contributed by atoms with Crippen molar-refractivity contribution in [1.29, 1.82) is 0 Å². The molecule has 1 fully saturated rings. The van der Waals surface area contributed by atoms with Crippen LogP contribution in [0, 0.1) is 0 Å². The second-order valence-corrected chi connectivity index (χ2v) is 11.8. The average molecular weight is 572 g/mol. The lowest BCUT2D eigenvalue weighted by Gasteiger charge is -2.42. The maximum absolute atomic E-state index is 14.7. The fourth-order valence-electron chi connectivity index (χ4n) is 6.21. The van der Waals surface area contributed by atoms with Crippen molar-refractivity contribution < 1.29 is 9.53 Å². The van der Waals surface area contributed by atoms with E-state index in [-0.39, 0.29) is 22.6 Å². The van der Waals surface area contributed by atoms with Crippen molar-refractivity contribution in [1.82, 2.24) is 9.55 Å².